The summed E-state index contributed by atoms with van der Waals surface area (Å²) in [4.78, 5) is 0. The molecule has 1 aromatic rings. The zero-order chi connectivity index (χ0) is 11.8. The number of hydrazone groups is 1. The van der Waals surface area contributed by atoms with Gasteiger partial charge in [-0.05, 0) is 12.2 Å². The summed E-state index contributed by atoms with van der Waals surface area (Å²) in [5, 5.41) is 7.33. The molecule has 0 spiro atoms. The van der Waals surface area contributed by atoms with E-state index in [0.717, 1.165) is 17.1 Å². The second-order valence-corrected chi connectivity index (χ2v) is 3.16. The number of nitrogens with one attached hydrogen (secondary N) is 1. The number of rotatable bonds is 0. The number of aromatic nitrogens is 2. The number of nitrogens with two attached hydrogens (primary N) is 1. The smallest absolute Gasteiger partial charge is 0.307 e. The highest BCUT2D eigenvalue weighted by Crippen LogP contribution is 2.28. The molecular weight excluding hydrogens is 223 g/mol. The van der Waals surface area contributed by atoms with Crippen LogP contribution in [0.15, 0.2) is 29.6 Å². The van der Waals surface area contributed by atoms with Crippen molar-refractivity contribution in [3.8, 4) is 0 Å². The molecule has 1 atom stereocenters. The summed E-state index contributed by atoms with van der Waals surface area (Å²) < 4.78 is 37.9. The van der Waals surface area contributed by atoms with E-state index in [1.54, 1.807) is 6.08 Å². The Morgan fingerprint density at radius 3 is 2.69 bits per heavy atom. The molecule has 0 bridgehead atoms. The van der Waals surface area contributed by atoms with E-state index in [1.165, 1.54) is 6.08 Å². The Labute approximate surface area is 88.4 Å². The maximum Gasteiger partial charge on any atom is 0.419 e. The standard InChI is InChI=1S/C8H8F3N5/c9-8(10,11)5-3-13-16(4-5)7-2-1-6(12)14-15-7/h1-4,6,14H,12H2. The minimum absolute atomic E-state index is 0.247. The van der Waals surface area contributed by atoms with Crippen LogP contribution in [0.25, 0.3) is 0 Å². The maximum atomic E-state index is 12.3. The minimum atomic E-state index is -4.40. The van der Waals surface area contributed by atoms with Crippen LogP contribution >= 0.6 is 0 Å². The van der Waals surface area contributed by atoms with Gasteiger partial charge in [-0.3, -0.25) is 5.43 Å². The van der Waals surface area contributed by atoms with Crippen LogP contribution < -0.4 is 11.2 Å². The van der Waals surface area contributed by atoms with E-state index >= 15 is 0 Å². The van der Waals surface area contributed by atoms with Crippen LogP contribution in [0.2, 0.25) is 0 Å². The summed E-state index contributed by atoms with van der Waals surface area (Å²) in [5.74, 6) is 0.247. The van der Waals surface area contributed by atoms with Crippen LogP contribution in [0.4, 0.5) is 13.2 Å². The van der Waals surface area contributed by atoms with Crippen molar-refractivity contribution >= 4 is 5.84 Å². The maximum absolute atomic E-state index is 12.3. The Bertz CT molecular complexity index is 445. The number of alkyl halides is 3. The van der Waals surface area contributed by atoms with Gasteiger partial charge in [0.25, 0.3) is 0 Å². The summed E-state index contributed by atoms with van der Waals surface area (Å²) in [6.07, 6.45) is -0.166. The summed E-state index contributed by atoms with van der Waals surface area (Å²) in [6, 6.07) is 0. The largest absolute Gasteiger partial charge is 0.419 e. The van der Waals surface area contributed by atoms with Crippen molar-refractivity contribution in [2.24, 2.45) is 10.8 Å². The first-order valence-corrected chi connectivity index (χ1v) is 4.36. The van der Waals surface area contributed by atoms with Crippen molar-refractivity contribution in [3.05, 3.63) is 30.1 Å². The number of halogens is 3. The van der Waals surface area contributed by atoms with Gasteiger partial charge in [0, 0.05) is 6.20 Å². The zero-order valence-corrected chi connectivity index (χ0v) is 7.94. The van der Waals surface area contributed by atoms with Crippen molar-refractivity contribution < 1.29 is 13.2 Å². The molecule has 0 aliphatic carbocycles. The Hall–Kier alpha value is -1.83. The van der Waals surface area contributed by atoms with Crippen LogP contribution in [0.1, 0.15) is 5.56 Å². The second-order valence-electron chi connectivity index (χ2n) is 3.16. The Morgan fingerprint density at radius 1 is 1.44 bits per heavy atom. The quantitative estimate of drug-likeness (QED) is 0.683. The van der Waals surface area contributed by atoms with E-state index < -0.39 is 17.9 Å². The van der Waals surface area contributed by atoms with E-state index in [-0.39, 0.29) is 5.84 Å². The summed E-state index contributed by atoms with van der Waals surface area (Å²) in [6.45, 7) is 0. The summed E-state index contributed by atoms with van der Waals surface area (Å²) in [7, 11) is 0. The predicted octanol–water partition coefficient (Wildman–Crippen LogP) is 0.508. The average Bonchev–Trinajstić information content (AvgIpc) is 2.67. The minimum Gasteiger partial charge on any atom is -0.307 e. The van der Waals surface area contributed by atoms with Crippen molar-refractivity contribution in [1.82, 2.24) is 15.2 Å². The molecule has 0 saturated heterocycles. The van der Waals surface area contributed by atoms with Gasteiger partial charge in [0.05, 0.1) is 11.8 Å². The fourth-order valence-electron chi connectivity index (χ4n) is 1.13. The molecule has 0 aromatic carbocycles. The fourth-order valence-corrected chi connectivity index (χ4v) is 1.13. The molecule has 0 fully saturated rings. The molecule has 0 saturated carbocycles. The molecule has 1 aliphatic rings. The highest BCUT2D eigenvalue weighted by atomic mass is 19.4. The molecule has 1 aromatic heterocycles. The molecule has 5 nitrogen and oxygen atoms in total. The first-order valence-electron chi connectivity index (χ1n) is 4.36. The van der Waals surface area contributed by atoms with E-state index in [2.05, 4.69) is 15.6 Å². The van der Waals surface area contributed by atoms with Crippen molar-refractivity contribution in [2.75, 3.05) is 0 Å². The lowest BCUT2D eigenvalue weighted by Gasteiger charge is -2.12. The van der Waals surface area contributed by atoms with Gasteiger partial charge in [0.1, 0.15) is 6.17 Å². The predicted molar refractivity (Wildman–Crippen MR) is 50.3 cm³/mol. The molecule has 3 N–H and O–H groups in total. The average molecular weight is 231 g/mol. The highest BCUT2D eigenvalue weighted by Gasteiger charge is 2.32. The number of hydrogen-bond acceptors (Lipinski definition) is 4. The molecule has 2 heterocycles. The normalized spacial score (nSPS) is 20.5. The van der Waals surface area contributed by atoms with Crippen molar-refractivity contribution in [3.63, 3.8) is 0 Å². The van der Waals surface area contributed by atoms with Crippen molar-refractivity contribution in [2.45, 2.75) is 12.3 Å². The molecule has 2 rings (SSSR count). The van der Waals surface area contributed by atoms with Gasteiger partial charge in [-0.2, -0.15) is 23.4 Å². The van der Waals surface area contributed by atoms with Gasteiger partial charge in [-0.1, -0.05) is 0 Å². The van der Waals surface area contributed by atoms with Gasteiger partial charge in [0.2, 0.25) is 0 Å². The first-order chi connectivity index (χ1) is 7.47. The van der Waals surface area contributed by atoms with E-state index in [1.807, 2.05) is 0 Å². The third kappa shape index (κ3) is 2.06. The van der Waals surface area contributed by atoms with Crippen LogP contribution in [0, 0.1) is 0 Å². The molecule has 1 unspecified atom stereocenters. The van der Waals surface area contributed by atoms with Gasteiger partial charge >= 0.3 is 6.18 Å². The molecule has 1 aliphatic heterocycles. The molecule has 0 radical (unpaired) electrons. The number of nitrogens with zero attached hydrogens (tertiary/aromatic N) is 3. The van der Waals surface area contributed by atoms with Crippen LogP contribution in [-0.2, 0) is 6.18 Å². The summed E-state index contributed by atoms with van der Waals surface area (Å²) >= 11 is 0. The first kappa shape index (κ1) is 10.7. The van der Waals surface area contributed by atoms with Crippen LogP contribution in [-0.4, -0.2) is 21.8 Å². The molecular formula is C8H8F3N5. The van der Waals surface area contributed by atoms with Crippen molar-refractivity contribution in [1.29, 1.82) is 0 Å². The lowest BCUT2D eigenvalue weighted by Crippen LogP contribution is -2.36. The molecule has 16 heavy (non-hydrogen) atoms. The lowest BCUT2D eigenvalue weighted by atomic mass is 10.3. The highest BCUT2D eigenvalue weighted by molar-refractivity contribution is 5.94. The monoisotopic (exact) mass is 231 g/mol. The third-order valence-electron chi connectivity index (χ3n) is 1.93. The number of allylic oxidation sites excluding steroid dienone is 1. The second kappa shape index (κ2) is 3.63. The van der Waals surface area contributed by atoms with Gasteiger partial charge in [-0.25, -0.2) is 4.68 Å². The Morgan fingerprint density at radius 2 is 2.19 bits per heavy atom. The van der Waals surface area contributed by atoms with Gasteiger partial charge in [-0.15, -0.1) is 0 Å². The zero-order valence-electron chi connectivity index (χ0n) is 7.94. The van der Waals surface area contributed by atoms with E-state index in [0.29, 0.717) is 0 Å². The lowest BCUT2D eigenvalue weighted by molar-refractivity contribution is -0.137. The topological polar surface area (TPSA) is 68.2 Å². The van der Waals surface area contributed by atoms with Crippen LogP contribution in [0.5, 0.6) is 0 Å². The Balaban J connectivity index is 2.24. The molecule has 0 amide bonds. The summed E-state index contributed by atoms with van der Waals surface area (Å²) in [5.41, 5.74) is 7.13. The van der Waals surface area contributed by atoms with Gasteiger partial charge < -0.3 is 5.73 Å². The Kier molecular flexibility index (Phi) is 2.43. The third-order valence-corrected chi connectivity index (χ3v) is 1.93. The molecule has 8 heteroatoms. The SMILES string of the molecule is NC1C=CC(n2cc(C(F)(F)F)cn2)=NN1. The van der Waals surface area contributed by atoms with E-state index in [9.17, 15) is 13.2 Å². The number of hydrogen-bond donors (Lipinski definition) is 2. The van der Waals surface area contributed by atoms with Gasteiger partial charge in [0.15, 0.2) is 5.84 Å². The van der Waals surface area contributed by atoms with E-state index in [4.69, 9.17) is 5.73 Å². The van der Waals surface area contributed by atoms with Crippen LogP contribution in [0.3, 0.4) is 0 Å². The molecule has 86 valence electrons. The fraction of sp³-hybridized carbons (Fsp3) is 0.250.